The fourth-order valence-corrected chi connectivity index (χ4v) is 6.62. The molecular formula is C46H85NO9P+. The van der Waals surface area contributed by atoms with E-state index in [4.69, 9.17) is 18.5 Å². The first-order valence-electron chi connectivity index (χ1n) is 22.5. The van der Waals surface area contributed by atoms with Gasteiger partial charge in [-0.25, -0.2) is 0 Å². The third-order valence-electron chi connectivity index (χ3n) is 9.47. The Morgan fingerprint density at radius 2 is 1.18 bits per heavy atom. The minimum atomic E-state index is -4.40. The number of phosphoric acid groups is 1. The molecule has 1 unspecified atom stereocenters. The molecule has 3 atom stereocenters. The van der Waals surface area contributed by atoms with Crippen molar-refractivity contribution in [2.75, 3.05) is 47.5 Å². The topological polar surface area (TPSA) is 135 Å². The second-order valence-electron chi connectivity index (χ2n) is 16.3. The minimum Gasteiger partial charge on any atom is -0.606 e. The highest BCUT2D eigenvalue weighted by molar-refractivity contribution is 7.52. The number of hydrogen-bond acceptors (Lipinski definition) is 9. The summed E-state index contributed by atoms with van der Waals surface area (Å²) in [5.74, 6) is -0.888. The molecule has 0 amide bonds. The number of nitrogens with zero attached hydrogens (tertiary/aromatic N) is 1. The van der Waals surface area contributed by atoms with Crippen LogP contribution < -0.4 is 4.89 Å². The number of quaternary nitrogens is 1. The average Bonchev–Trinajstić information content (AvgIpc) is 3.15. The quantitative estimate of drug-likeness (QED) is 0.0155. The van der Waals surface area contributed by atoms with E-state index >= 15 is 0 Å². The van der Waals surface area contributed by atoms with Gasteiger partial charge in [0.15, 0.2) is 6.10 Å². The van der Waals surface area contributed by atoms with E-state index in [-0.39, 0.29) is 32.2 Å². The Morgan fingerprint density at radius 3 is 1.77 bits per heavy atom. The molecule has 0 spiro atoms. The van der Waals surface area contributed by atoms with Gasteiger partial charge in [0.05, 0.1) is 27.2 Å². The van der Waals surface area contributed by atoms with Crippen molar-refractivity contribution in [1.29, 1.82) is 0 Å². The van der Waals surface area contributed by atoms with Crippen molar-refractivity contribution >= 4 is 20.1 Å². The van der Waals surface area contributed by atoms with E-state index < -0.39 is 32.8 Å². The molecule has 0 rings (SSSR count). The summed E-state index contributed by atoms with van der Waals surface area (Å²) < 4.78 is 21.7. The Hall–Kier alpha value is -1.91. The first-order valence-corrected chi connectivity index (χ1v) is 24.0. The summed E-state index contributed by atoms with van der Waals surface area (Å²) in [6.07, 6.45) is 40.6. The van der Waals surface area contributed by atoms with Crippen LogP contribution in [0.4, 0.5) is 0 Å². The van der Waals surface area contributed by atoms with Crippen molar-refractivity contribution in [2.24, 2.45) is 0 Å². The molecule has 0 aromatic heterocycles. The molecule has 0 bridgehead atoms. The van der Waals surface area contributed by atoms with Crippen LogP contribution in [0.15, 0.2) is 48.6 Å². The molecule has 0 fully saturated rings. The van der Waals surface area contributed by atoms with Gasteiger partial charge in [0.1, 0.15) is 26.4 Å². The van der Waals surface area contributed by atoms with E-state index in [0.717, 1.165) is 57.8 Å². The molecule has 0 aliphatic carbocycles. The second-order valence-corrected chi connectivity index (χ2v) is 17.7. The molecule has 0 aromatic carbocycles. The standard InChI is InChI=1S/C46H84NO9P/c1-6-8-10-11-12-13-14-15-16-17-20-23-26-29-33-37-45(49)53-41-44(42-55-57(51,52)54-40-39-47(3,4)5)56-46(50)38-34-30-27-24-21-18-19-22-25-28-32-36-43(48)35-31-9-7-2/h18-19,24-25,27-28,32,36,43-44,48H,6-17,20-23,26,29-31,33-35,37-42H2,1-5H3/p+1/b19-18+,27-24+,28-25+,36-32+/t43-,44+/m0/s1. The fraction of sp³-hybridized carbons (Fsp3) is 0.783. The molecule has 10 nitrogen and oxygen atoms in total. The van der Waals surface area contributed by atoms with Crippen molar-refractivity contribution in [1.82, 2.24) is 0 Å². The Morgan fingerprint density at radius 1 is 0.649 bits per heavy atom. The lowest BCUT2D eigenvalue weighted by Gasteiger charge is -2.26. The van der Waals surface area contributed by atoms with Crippen molar-refractivity contribution in [3.05, 3.63) is 48.6 Å². The molecule has 0 saturated carbocycles. The van der Waals surface area contributed by atoms with Crippen LogP contribution in [0, 0.1) is 0 Å². The number of carbonyl (C=O) groups excluding carboxylic acids is 2. The van der Waals surface area contributed by atoms with Gasteiger partial charge >= 0.3 is 20.1 Å². The van der Waals surface area contributed by atoms with Gasteiger partial charge in [-0.1, -0.05) is 172 Å². The zero-order valence-electron chi connectivity index (χ0n) is 36.9. The molecule has 0 heterocycles. The van der Waals surface area contributed by atoms with Gasteiger partial charge in [-0.15, -0.1) is 0 Å². The van der Waals surface area contributed by atoms with Crippen LogP contribution in [0.5, 0.6) is 0 Å². The molecule has 332 valence electrons. The molecule has 0 aromatic rings. The van der Waals surface area contributed by atoms with E-state index in [1.54, 1.807) is 0 Å². The summed E-state index contributed by atoms with van der Waals surface area (Å²) in [5, 5.41) is 9.91. The van der Waals surface area contributed by atoms with Gasteiger partial charge in [-0.2, -0.15) is 13.9 Å². The van der Waals surface area contributed by atoms with Crippen molar-refractivity contribution in [3.8, 4) is 0 Å². The maximum atomic E-state index is 12.7. The second kappa shape index (κ2) is 38.3. The van der Waals surface area contributed by atoms with E-state index in [1.807, 2.05) is 57.6 Å². The molecule has 0 aliphatic rings. The first kappa shape index (κ1) is 55.1. The maximum absolute atomic E-state index is 12.7. The van der Waals surface area contributed by atoms with Crippen molar-refractivity contribution in [2.45, 2.75) is 187 Å². The number of allylic oxidation sites excluding steroid dienone is 7. The third-order valence-corrected chi connectivity index (χ3v) is 10.5. The van der Waals surface area contributed by atoms with Crippen LogP contribution in [0.2, 0.25) is 0 Å². The molecule has 2 N–H and O–H groups in total. The average molecular weight is 827 g/mol. The molecule has 11 heteroatoms. The van der Waals surface area contributed by atoms with Crippen LogP contribution in [0.25, 0.3) is 0 Å². The maximum Gasteiger partial charge on any atom is 0.377 e. The zero-order valence-corrected chi connectivity index (χ0v) is 37.8. The van der Waals surface area contributed by atoms with Crippen LogP contribution in [0.1, 0.15) is 174 Å². The van der Waals surface area contributed by atoms with Crippen molar-refractivity contribution < 1.29 is 47.5 Å². The number of hydrogen-bond donors (Lipinski definition) is 2. The van der Waals surface area contributed by atoms with Gasteiger partial charge in [-0.3, -0.25) is 9.59 Å². The normalized spacial score (nSPS) is 14.6. The van der Waals surface area contributed by atoms with Gasteiger partial charge in [0.25, 0.3) is 0 Å². The molecule has 0 saturated heterocycles. The highest BCUT2D eigenvalue weighted by atomic mass is 31.2. The van der Waals surface area contributed by atoms with Gasteiger partial charge in [0, 0.05) is 12.8 Å². The predicted octanol–water partition coefficient (Wildman–Crippen LogP) is 10.6. The number of esters is 2. The fourth-order valence-electron chi connectivity index (χ4n) is 5.88. The van der Waals surface area contributed by atoms with Gasteiger partial charge in [-0.05, 0) is 38.5 Å². The Bertz CT molecular complexity index is 1070. The smallest absolute Gasteiger partial charge is 0.377 e. The summed E-state index contributed by atoms with van der Waals surface area (Å²) in [6, 6.07) is 0. The van der Waals surface area contributed by atoms with Crippen LogP contribution in [0.3, 0.4) is 0 Å². The number of aliphatic hydroxyl groups excluding tert-OH is 1. The lowest BCUT2D eigenvalue weighted by molar-refractivity contribution is -0.870. The number of ether oxygens (including phenoxy) is 2. The zero-order chi connectivity index (χ0) is 42.3. The number of unbranched alkanes of at least 4 members (excludes halogenated alkanes) is 17. The molecule has 57 heavy (non-hydrogen) atoms. The van der Waals surface area contributed by atoms with Crippen LogP contribution >= 0.6 is 8.17 Å². The Balaban J connectivity index is 4.48. The van der Waals surface area contributed by atoms with E-state index in [0.29, 0.717) is 23.9 Å². The highest BCUT2D eigenvalue weighted by Gasteiger charge is 2.31. The Kier molecular flexibility index (Phi) is 37.0. The lowest BCUT2D eigenvalue weighted by Crippen LogP contribution is -2.38. The molecule has 0 radical (unpaired) electrons. The van der Waals surface area contributed by atoms with Crippen molar-refractivity contribution in [3.63, 3.8) is 0 Å². The minimum absolute atomic E-state index is 0.0129. The summed E-state index contributed by atoms with van der Waals surface area (Å²) in [4.78, 5) is 47.8. The number of carbonyl (C=O) groups is 2. The number of rotatable bonds is 40. The summed E-state index contributed by atoms with van der Waals surface area (Å²) in [6.45, 7) is 4.22. The summed E-state index contributed by atoms with van der Waals surface area (Å²) >= 11 is 0. The van der Waals surface area contributed by atoms with Gasteiger partial charge in [0.2, 0.25) is 0 Å². The van der Waals surface area contributed by atoms with E-state index in [1.165, 1.54) is 77.0 Å². The van der Waals surface area contributed by atoms with E-state index in [2.05, 4.69) is 26.0 Å². The first-order chi connectivity index (χ1) is 27.4. The predicted molar refractivity (Wildman–Crippen MR) is 234 cm³/mol. The summed E-state index contributed by atoms with van der Waals surface area (Å²) in [7, 11) is 1.41. The molecule has 0 aliphatic heterocycles. The number of likely N-dealkylation sites (N-methyl/N-ethyl adjacent to an activating group) is 1. The monoisotopic (exact) mass is 827 g/mol. The SMILES string of the molecule is CCCCCCCCCCCCCCCCCC(=O)OC[C@H](CO[P+]([O-])(O)OCC[N+](C)(C)C)OC(=O)CCC/C=C/C/C=C/C/C=C/C=C/[C@@H](O)CCCCC. The Labute approximate surface area is 349 Å². The largest absolute Gasteiger partial charge is 0.606 e. The number of phosphoric ester groups is 1. The van der Waals surface area contributed by atoms with Crippen LogP contribution in [-0.4, -0.2) is 86.1 Å². The lowest BCUT2D eigenvalue weighted by atomic mass is 10.0. The van der Waals surface area contributed by atoms with E-state index in [9.17, 15) is 24.5 Å². The van der Waals surface area contributed by atoms with Gasteiger partial charge < -0.3 is 24.0 Å². The highest BCUT2D eigenvalue weighted by Crippen LogP contribution is 2.47. The summed E-state index contributed by atoms with van der Waals surface area (Å²) in [5.41, 5.74) is 0. The molecular weight excluding hydrogens is 741 g/mol. The van der Waals surface area contributed by atoms with Crippen LogP contribution in [-0.2, 0) is 28.1 Å². The third kappa shape index (κ3) is 42.0. The number of aliphatic hydroxyl groups is 1.